The summed E-state index contributed by atoms with van der Waals surface area (Å²) in [5.41, 5.74) is 3.67. The van der Waals surface area contributed by atoms with Crippen LogP contribution in [0.2, 0.25) is 0 Å². The predicted molar refractivity (Wildman–Crippen MR) is 127 cm³/mol. The molecular weight excluding hydrogens is 368 g/mol. The van der Waals surface area contributed by atoms with Crippen LogP contribution in [0.15, 0.2) is 47.6 Å². The second-order valence-corrected chi connectivity index (χ2v) is 11.1. The Bertz CT molecular complexity index is 723. The highest BCUT2D eigenvalue weighted by molar-refractivity contribution is 5.36. The molecule has 1 unspecified atom stereocenters. The largest absolute Gasteiger partial charge is 0.393 e. The van der Waals surface area contributed by atoms with E-state index in [1.807, 2.05) is 13.0 Å². The Morgan fingerprint density at radius 3 is 2.57 bits per heavy atom. The maximum absolute atomic E-state index is 10.6. The number of fused-ring (bicyclic) bond motifs is 1. The molecule has 2 nitrogen and oxygen atoms in total. The Kier molecular flexibility index (Phi) is 7.19. The second kappa shape index (κ2) is 9.17. The summed E-state index contributed by atoms with van der Waals surface area (Å²) in [6.45, 7) is 15.2. The SMILES string of the molecule is C=C1CC[C@H](O)CC1=CC=C1CCC[C@@]2(C)C1CC[C@@H]2[C@H](C)C=C[C@@](C)(O)C(C)C. The summed E-state index contributed by atoms with van der Waals surface area (Å²) in [6, 6.07) is 0. The smallest absolute Gasteiger partial charge is 0.0822 e. The summed E-state index contributed by atoms with van der Waals surface area (Å²) in [5.74, 6) is 2.04. The van der Waals surface area contributed by atoms with Crippen LogP contribution in [0.1, 0.15) is 86.0 Å². The van der Waals surface area contributed by atoms with Crippen LogP contribution in [0.3, 0.4) is 0 Å². The second-order valence-electron chi connectivity index (χ2n) is 11.1. The first kappa shape index (κ1) is 23.5. The van der Waals surface area contributed by atoms with Crippen LogP contribution >= 0.6 is 0 Å². The molecule has 6 atom stereocenters. The lowest BCUT2D eigenvalue weighted by Gasteiger charge is -2.44. The molecule has 0 saturated heterocycles. The number of hydrogen-bond donors (Lipinski definition) is 2. The fraction of sp³-hybridized carbons (Fsp3) is 0.714. The molecule has 3 rings (SSSR count). The van der Waals surface area contributed by atoms with E-state index in [9.17, 15) is 10.2 Å². The van der Waals surface area contributed by atoms with E-state index in [0.717, 1.165) is 19.3 Å². The standard InChI is InChI=1S/C28H44O2/c1-19(2)28(6,30)17-15-21(4)25-13-14-26-22(8-7-16-27(25,26)5)10-11-23-18-24(29)12-9-20(23)3/h10-11,15,17,19,21,24-26,29-30H,3,7-9,12-14,16,18H2,1-2,4-6H3/t21-,24+,25-,26?,27-,28-/m1/s1. The normalized spacial score (nSPS) is 38.4. The number of hydrogen-bond acceptors (Lipinski definition) is 2. The maximum atomic E-state index is 10.6. The first-order valence-electron chi connectivity index (χ1n) is 12.2. The fourth-order valence-electron chi connectivity index (χ4n) is 6.21. The van der Waals surface area contributed by atoms with E-state index in [4.69, 9.17) is 0 Å². The van der Waals surface area contributed by atoms with Crippen LogP contribution in [0.25, 0.3) is 0 Å². The van der Waals surface area contributed by atoms with Gasteiger partial charge in [0.15, 0.2) is 0 Å². The Hall–Kier alpha value is -1.12. The Balaban J connectivity index is 1.76. The van der Waals surface area contributed by atoms with Gasteiger partial charge in [-0.05, 0) is 93.0 Å². The zero-order valence-electron chi connectivity index (χ0n) is 20.0. The molecule has 2 heteroatoms. The van der Waals surface area contributed by atoms with Crippen LogP contribution in [0.4, 0.5) is 0 Å². The molecule has 0 amide bonds. The van der Waals surface area contributed by atoms with Crippen molar-refractivity contribution in [2.45, 2.75) is 97.7 Å². The number of aliphatic hydroxyl groups excluding tert-OH is 1. The van der Waals surface area contributed by atoms with Crippen LogP contribution in [-0.2, 0) is 0 Å². The minimum atomic E-state index is -0.732. The third-order valence-corrected chi connectivity index (χ3v) is 8.77. The van der Waals surface area contributed by atoms with Crippen LogP contribution in [0.5, 0.6) is 0 Å². The van der Waals surface area contributed by atoms with Gasteiger partial charge in [0.1, 0.15) is 0 Å². The Morgan fingerprint density at radius 1 is 1.13 bits per heavy atom. The molecule has 2 N–H and O–H groups in total. The highest BCUT2D eigenvalue weighted by Crippen LogP contribution is 2.59. The summed E-state index contributed by atoms with van der Waals surface area (Å²) in [6.07, 6.45) is 17.6. The van der Waals surface area contributed by atoms with E-state index in [1.54, 1.807) is 5.57 Å². The molecule has 0 aliphatic heterocycles. The Morgan fingerprint density at radius 2 is 1.87 bits per heavy atom. The highest BCUT2D eigenvalue weighted by Gasteiger charge is 2.50. The summed E-state index contributed by atoms with van der Waals surface area (Å²) in [5, 5.41) is 20.7. The number of rotatable bonds is 5. The first-order chi connectivity index (χ1) is 14.0. The van der Waals surface area contributed by atoms with Gasteiger partial charge >= 0.3 is 0 Å². The molecule has 3 aliphatic carbocycles. The molecule has 3 fully saturated rings. The molecule has 0 spiro atoms. The molecule has 30 heavy (non-hydrogen) atoms. The molecule has 0 aromatic carbocycles. The van der Waals surface area contributed by atoms with Gasteiger partial charge in [-0.1, -0.05) is 69.7 Å². The van der Waals surface area contributed by atoms with Crippen LogP contribution in [0, 0.1) is 29.1 Å². The average Bonchev–Trinajstić information content (AvgIpc) is 3.04. The number of aliphatic hydroxyl groups is 2. The van der Waals surface area contributed by atoms with Gasteiger partial charge in [0.2, 0.25) is 0 Å². The monoisotopic (exact) mass is 412 g/mol. The lowest BCUT2D eigenvalue weighted by molar-refractivity contribution is 0.0607. The molecule has 0 bridgehead atoms. The minimum absolute atomic E-state index is 0.205. The molecule has 3 saturated carbocycles. The molecule has 0 heterocycles. The van der Waals surface area contributed by atoms with Crippen LogP contribution in [-0.4, -0.2) is 21.9 Å². The van der Waals surface area contributed by atoms with Crippen molar-refractivity contribution in [1.82, 2.24) is 0 Å². The van der Waals surface area contributed by atoms with Gasteiger partial charge in [-0.15, -0.1) is 0 Å². The summed E-state index contributed by atoms with van der Waals surface area (Å²) in [7, 11) is 0. The van der Waals surface area contributed by atoms with Crippen molar-refractivity contribution in [3.05, 3.63) is 47.6 Å². The predicted octanol–water partition coefficient (Wildman–Crippen LogP) is 6.76. The molecule has 0 radical (unpaired) electrons. The zero-order valence-corrected chi connectivity index (χ0v) is 20.0. The third-order valence-electron chi connectivity index (χ3n) is 8.77. The van der Waals surface area contributed by atoms with Crippen molar-refractivity contribution in [3.63, 3.8) is 0 Å². The summed E-state index contributed by atoms with van der Waals surface area (Å²) < 4.78 is 0. The van der Waals surface area contributed by atoms with E-state index >= 15 is 0 Å². The van der Waals surface area contributed by atoms with Crippen molar-refractivity contribution >= 4 is 0 Å². The fourth-order valence-corrected chi connectivity index (χ4v) is 6.21. The van der Waals surface area contributed by atoms with Gasteiger partial charge in [-0.3, -0.25) is 0 Å². The van der Waals surface area contributed by atoms with Crippen molar-refractivity contribution < 1.29 is 10.2 Å². The molecular formula is C28H44O2. The van der Waals surface area contributed by atoms with E-state index in [-0.39, 0.29) is 12.0 Å². The topological polar surface area (TPSA) is 40.5 Å². The Labute approximate surface area is 184 Å². The quantitative estimate of drug-likeness (QED) is 0.490. The van der Waals surface area contributed by atoms with Gasteiger partial charge in [-0.25, -0.2) is 0 Å². The van der Waals surface area contributed by atoms with E-state index in [0.29, 0.717) is 23.2 Å². The highest BCUT2D eigenvalue weighted by atomic mass is 16.3. The van der Waals surface area contributed by atoms with Gasteiger partial charge in [0.25, 0.3) is 0 Å². The molecule has 0 aromatic rings. The van der Waals surface area contributed by atoms with Crippen molar-refractivity contribution in [3.8, 4) is 0 Å². The van der Waals surface area contributed by atoms with Gasteiger partial charge < -0.3 is 10.2 Å². The molecule has 0 aromatic heterocycles. The van der Waals surface area contributed by atoms with Crippen molar-refractivity contribution in [1.29, 1.82) is 0 Å². The van der Waals surface area contributed by atoms with Crippen molar-refractivity contribution in [2.75, 3.05) is 0 Å². The summed E-state index contributed by atoms with van der Waals surface area (Å²) >= 11 is 0. The lowest BCUT2D eigenvalue weighted by atomic mass is 9.61. The van der Waals surface area contributed by atoms with E-state index < -0.39 is 5.60 Å². The minimum Gasteiger partial charge on any atom is -0.393 e. The zero-order chi connectivity index (χ0) is 22.1. The third kappa shape index (κ3) is 4.86. The van der Waals surface area contributed by atoms with Gasteiger partial charge in [0, 0.05) is 0 Å². The van der Waals surface area contributed by atoms with E-state index in [2.05, 4.69) is 52.5 Å². The lowest BCUT2D eigenvalue weighted by Crippen LogP contribution is -2.36. The molecule has 3 aliphatic rings. The van der Waals surface area contributed by atoms with Gasteiger partial charge in [-0.2, -0.15) is 0 Å². The molecule has 168 valence electrons. The van der Waals surface area contributed by atoms with E-state index in [1.165, 1.54) is 43.3 Å². The van der Waals surface area contributed by atoms with Gasteiger partial charge in [0.05, 0.1) is 11.7 Å². The maximum Gasteiger partial charge on any atom is 0.0822 e. The average molecular weight is 413 g/mol. The van der Waals surface area contributed by atoms with Crippen LogP contribution < -0.4 is 0 Å². The number of allylic oxidation sites excluding steroid dienone is 5. The first-order valence-corrected chi connectivity index (χ1v) is 12.2. The van der Waals surface area contributed by atoms with Crippen molar-refractivity contribution in [2.24, 2.45) is 29.1 Å². The summed E-state index contributed by atoms with van der Waals surface area (Å²) in [4.78, 5) is 0.